The number of anilines is 1. The number of likely N-dealkylation sites (tertiary alicyclic amines) is 1. The van der Waals surface area contributed by atoms with Gasteiger partial charge in [-0.3, -0.25) is 4.90 Å². The van der Waals surface area contributed by atoms with Crippen LogP contribution in [0.2, 0.25) is 0 Å². The van der Waals surface area contributed by atoms with Gasteiger partial charge in [-0.2, -0.15) is 0 Å². The Bertz CT molecular complexity index is 548. The number of hydrogen-bond acceptors (Lipinski definition) is 3. The van der Waals surface area contributed by atoms with Crippen LogP contribution in [-0.4, -0.2) is 41.1 Å². The molecule has 1 atom stereocenters. The quantitative estimate of drug-likeness (QED) is 0.883. The van der Waals surface area contributed by atoms with Crippen LogP contribution in [0, 0.1) is 5.82 Å². The molecule has 2 N–H and O–H groups in total. The van der Waals surface area contributed by atoms with Crippen LogP contribution in [0.4, 0.5) is 10.1 Å². The van der Waals surface area contributed by atoms with Gasteiger partial charge in [-0.1, -0.05) is 0 Å². The molecule has 108 valence electrons. The molecule has 1 heterocycles. The van der Waals surface area contributed by atoms with Crippen LogP contribution >= 0.6 is 15.9 Å². The lowest BCUT2D eigenvalue weighted by Gasteiger charge is -2.17. The second-order valence-corrected chi connectivity index (χ2v) is 6.24. The van der Waals surface area contributed by atoms with E-state index in [9.17, 15) is 9.18 Å². The summed E-state index contributed by atoms with van der Waals surface area (Å²) in [4.78, 5) is 13.4. The topological polar surface area (TPSA) is 52.6 Å². The minimum absolute atomic E-state index is 0.00652. The van der Waals surface area contributed by atoms with Crippen LogP contribution < -0.4 is 5.32 Å². The number of rotatable bonds is 4. The van der Waals surface area contributed by atoms with Crippen molar-refractivity contribution in [3.63, 3.8) is 0 Å². The second kappa shape index (κ2) is 5.33. The smallest absolute Gasteiger partial charge is 0.336 e. The number of carbonyl (C=O) groups is 1. The van der Waals surface area contributed by atoms with Gasteiger partial charge in [0.25, 0.3) is 0 Å². The predicted octanol–water partition coefficient (Wildman–Crippen LogP) is 2.94. The average Bonchev–Trinajstić information content (AvgIpc) is 3.15. The van der Waals surface area contributed by atoms with Gasteiger partial charge in [0.2, 0.25) is 0 Å². The first-order valence-electron chi connectivity index (χ1n) is 6.78. The van der Waals surface area contributed by atoms with E-state index in [1.54, 1.807) is 0 Å². The number of nitrogens with one attached hydrogen (secondary N) is 1. The summed E-state index contributed by atoms with van der Waals surface area (Å²) in [5, 5.41) is 12.1. The zero-order valence-electron chi connectivity index (χ0n) is 10.9. The normalized spacial score (nSPS) is 23.0. The molecule has 2 fully saturated rings. The summed E-state index contributed by atoms with van der Waals surface area (Å²) in [6.07, 6.45) is 3.55. The van der Waals surface area contributed by atoms with E-state index in [-0.39, 0.29) is 16.1 Å². The van der Waals surface area contributed by atoms with Crippen molar-refractivity contribution in [2.24, 2.45) is 0 Å². The van der Waals surface area contributed by atoms with E-state index in [1.807, 2.05) is 0 Å². The first kappa shape index (κ1) is 13.8. The molecule has 1 saturated carbocycles. The average molecular weight is 343 g/mol. The lowest BCUT2D eigenvalue weighted by Crippen LogP contribution is -2.28. The molecule has 1 aromatic rings. The van der Waals surface area contributed by atoms with Gasteiger partial charge in [0.05, 0.1) is 15.7 Å². The molecule has 20 heavy (non-hydrogen) atoms. The van der Waals surface area contributed by atoms with Crippen molar-refractivity contribution < 1.29 is 14.3 Å². The maximum absolute atomic E-state index is 14.2. The van der Waals surface area contributed by atoms with E-state index in [0.717, 1.165) is 25.6 Å². The molecule has 1 aromatic carbocycles. The number of halogens is 2. The van der Waals surface area contributed by atoms with Gasteiger partial charge >= 0.3 is 5.97 Å². The number of nitrogens with zero attached hydrogens (tertiary/aromatic N) is 1. The van der Waals surface area contributed by atoms with Crippen LogP contribution in [0.15, 0.2) is 16.6 Å². The van der Waals surface area contributed by atoms with E-state index in [4.69, 9.17) is 5.11 Å². The van der Waals surface area contributed by atoms with Crippen molar-refractivity contribution in [3.05, 3.63) is 28.0 Å². The van der Waals surface area contributed by atoms with E-state index >= 15 is 0 Å². The monoisotopic (exact) mass is 342 g/mol. The lowest BCUT2D eigenvalue weighted by molar-refractivity contribution is 0.0695. The Labute approximate surface area is 125 Å². The molecule has 0 spiro atoms. The molecule has 6 heteroatoms. The summed E-state index contributed by atoms with van der Waals surface area (Å²) in [6, 6.07) is 3.88. The molecule has 0 bridgehead atoms. The minimum atomic E-state index is -1.14. The summed E-state index contributed by atoms with van der Waals surface area (Å²) in [7, 11) is 0. The molecule has 0 amide bonds. The minimum Gasteiger partial charge on any atom is -0.478 e. The Morgan fingerprint density at radius 1 is 1.40 bits per heavy atom. The van der Waals surface area contributed by atoms with Crippen molar-refractivity contribution in [1.82, 2.24) is 4.90 Å². The molecule has 1 aliphatic heterocycles. The highest BCUT2D eigenvalue weighted by Gasteiger charge is 2.34. The summed E-state index contributed by atoms with van der Waals surface area (Å²) in [6.45, 7) is 1.99. The standard InChI is InChI=1S/C14H16BrFN2O2/c15-12-10(14(19)20)3-4-11(13(12)16)17-8-5-6-18(7-8)9-1-2-9/h3-4,8-9,17H,1-2,5-7H2,(H,19,20). The molecule has 3 rings (SSSR count). The first-order valence-corrected chi connectivity index (χ1v) is 7.57. The van der Waals surface area contributed by atoms with Crippen molar-refractivity contribution in [3.8, 4) is 0 Å². The van der Waals surface area contributed by atoms with Crippen LogP contribution in [-0.2, 0) is 0 Å². The maximum atomic E-state index is 14.2. The second-order valence-electron chi connectivity index (χ2n) is 5.45. The molecule has 1 saturated heterocycles. The number of aromatic carboxylic acids is 1. The van der Waals surface area contributed by atoms with E-state index in [0.29, 0.717) is 5.69 Å². The number of carboxylic acids is 1. The van der Waals surface area contributed by atoms with Crippen LogP contribution in [0.3, 0.4) is 0 Å². The molecule has 1 aliphatic carbocycles. The van der Waals surface area contributed by atoms with Gasteiger partial charge in [0, 0.05) is 25.2 Å². The molecular weight excluding hydrogens is 327 g/mol. The van der Waals surface area contributed by atoms with Crippen molar-refractivity contribution in [1.29, 1.82) is 0 Å². The lowest BCUT2D eigenvalue weighted by atomic mass is 10.1. The highest BCUT2D eigenvalue weighted by atomic mass is 79.9. The van der Waals surface area contributed by atoms with E-state index < -0.39 is 11.8 Å². The van der Waals surface area contributed by atoms with Crippen LogP contribution in [0.25, 0.3) is 0 Å². The Kier molecular flexibility index (Phi) is 3.69. The maximum Gasteiger partial charge on any atom is 0.336 e. The molecule has 1 unspecified atom stereocenters. The molecule has 4 nitrogen and oxygen atoms in total. The predicted molar refractivity (Wildman–Crippen MR) is 77.7 cm³/mol. The Morgan fingerprint density at radius 3 is 2.80 bits per heavy atom. The SMILES string of the molecule is O=C(O)c1ccc(NC2CCN(C3CC3)C2)c(F)c1Br. The molecular formula is C14H16BrFN2O2. The van der Waals surface area contributed by atoms with Gasteiger partial charge in [-0.15, -0.1) is 0 Å². The van der Waals surface area contributed by atoms with Crippen molar-refractivity contribution in [2.45, 2.75) is 31.3 Å². The van der Waals surface area contributed by atoms with Gasteiger partial charge in [0.15, 0.2) is 5.82 Å². The fourth-order valence-corrected chi connectivity index (χ4v) is 3.24. The Morgan fingerprint density at radius 2 is 2.15 bits per heavy atom. The van der Waals surface area contributed by atoms with E-state index in [1.165, 1.54) is 25.0 Å². The summed E-state index contributed by atoms with van der Waals surface area (Å²) in [5.74, 6) is -1.67. The molecule has 0 radical (unpaired) electrons. The van der Waals surface area contributed by atoms with Crippen LogP contribution in [0.1, 0.15) is 29.6 Å². The Hall–Kier alpha value is -1.14. The first-order chi connectivity index (χ1) is 9.56. The molecule has 2 aliphatic rings. The third kappa shape index (κ3) is 2.67. The third-order valence-electron chi connectivity index (χ3n) is 3.96. The number of hydrogen-bond donors (Lipinski definition) is 2. The van der Waals surface area contributed by atoms with Crippen molar-refractivity contribution >= 4 is 27.6 Å². The highest BCUT2D eigenvalue weighted by molar-refractivity contribution is 9.10. The highest BCUT2D eigenvalue weighted by Crippen LogP contribution is 2.32. The van der Waals surface area contributed by atoms with Gasteiger partial charge < -0.3 is 10.4 Å². The Balaban J connectivity index is 1.71. The van der Waals surface area contributed by atoms with Gasteiger partial charge in [-0.05, 0) is 47.3 Å². The fraction of sp³-hybridized carbons (Fsp3) is 0.500. The fourth-order valence-electron chi connectivity index (χ4n) is 2.72. The van der Waals surface area contributed by atoms with Crippen LogP contribution in [0.5, 0.6) is 0 Å². The zero-order valence-corrected chi connectivity index (χ0v) is 12.5. The molecule has 0 aromatic heterocycles. The number of carboxylic acid groups (broad SMARTS) is 1. The zero-order chi connectivity index (χ0) is 14.3. The summed E-state index contributed by atoms with van der Waals surface area (Å²) < 4.78 is 14.2. The van der Waals surface area contributed by atoms with Crippen molar-refractivity contribution in [2.75, 3.05) is 18.4 Å². The third-order valence-corrected chi connectivity index (χ3v) is 4.73. The summed E-state index contributed by atoms with van der Waals surface area (Å²) in [5.41, 5.74) is 0.309. The summed E-state index contributed by atoms with van der Waals surface area (Å²) >= 11 is 3.02. The van der Waals surface area contributed by atoms with E-state index in [2.05, 4.69) is 26.1 Å². The van der Waals surface area contributed by atoms with Gasteiger partial charge in [-0.25, -0.2) is 9.18 Å². The van der Waals surface area contributed by atoms with Gasteiger partial charge in [0.1, 0.15) is 0 Å². The largest absolute Gasteiger partial charge is 0.478 e. The number of benzene rings is 1.